The van der Waals surface area contributed by atoms with Crippen molar-refractivity contribution in [2.75, 3.05) is 11.9 Å². The van der Waals surface area contributed by atoms with Crippen LogP contribution in [0.15, 0.2) is 41.5 Å². The van der Waals surface area contributed by atoms with E-state index in [2.05, 4.69) is 20.3 Å². The van der Waals surface area contributed by atoms with Crippen molar-refractivity contribution in [1.82, 2.24) is 19.9 Å². The molecule has 1 unspecified atom stereocenters. The fourth-order valence-corrected chi connectivity index (χ4v) is 3.72. The number of aryl methyl sites for hydroxylation is 1. The van der Waals surface area contributed by atoms with Crippen molar-refractivity contribution in [3.8, 4) is 5.75 Å². The molecule has 0 radical (unpaired) electrons. The minimum Gasteiger partial charge on any atom is -0.491 e. The number of hydrogen-bond donors (Lipinski definition) is 1. The quantitative estimate of drug-likeness (QED) is 0.509. The van der Waals surface area contributed by atoms with Crippen molar-refractivity contribution in [2.45, 2.75) is 45.5 Å². The third kappa shape index (κ3) is 5.58. The maximum Gasteiger partial charge on any atom is 0.392 e. The highest BCUT2D eigenvalue weighted by Crippen LogP contribution is 2.34. The summed E-state index contributed by atoms with van der Waals surface area (Å²) in [7, 11) is 0. The van der Waals surface area contributed by atoms with Gasteiger partial charge in [-0.2, -0.15) is 13.2 Å². The highest BCUT2D eigenvalue weighted by molar-refractivity contribution is 6.01. The average molecular weight is 489 g/mol. The Labute approximate surface area is 198 Å². The predicted octanol–water partition coefficient (Wildman–Crippen LogP) is 4.00. The summed E-state index contributed by atoms with van der Waals surface area (Å²) in [6.45, 7) is 3.20. The van der Waals surface area contributed by atoms with Gasteiger partial charge in [-0.3, -0.25) is 14.6 Å². The van der Waals surface area contributed by atoms with E-state index in [1.165, 1.54) is 25.0 Å². The number of carbonyl (C=O) groups is 2. The number of oxazole rings is 1. The Bertz CT molecular complexity index is 1230. The van der Waals surface area contributed by atoms with Crippen LogP contribution in [0.1, 0.15) is 52.3 Å². The van der Waals surface area contributed by atoms with Crippen LogP contribution in [0.2, 0.25) is 0 Å². The second-order valence-corrected chi connectivity index (χ2v) is 8.08. The molecular weight excluding hydrogens is 467 g/mol. The number of fused-ring (bicyclic) bond motifs is 1. The first-order valence-corrected chi connectivity index (χ1v) is 10.7. The maximum absolute atomic E-state index is 13.1. The van der Waals surface area contributed by atoms with Gasteiger partial charge in [-0.15, -0.1) is 0 Å². The van der Waals surface area contributed by atoms with Gasteiger partial charge in [-0.05, 0) is 31.5 Å². The molecule has 0 spiro atoms. The van der Waals surface area contributed by atoms with E-state index < -0.39 is 25.2 Å². The molecule has 0 bridgehead atoms. The van der Waals surface area contributed by atoms with Gasteiger partial charge in [0.15, 0.2) is 6.39 Å². The summed E-state index contributed by atoms with van der Waals surface area (Å²) in [5.74, 6) is 0.328. The molecule has 12 heteroatoms. The number of alkyl halides is 3. The zero-order chi connectivity index (χ0) is 25.2. The lowest BCUT2D eigenvalue weighted by atomic mass is 10.1. The van der Waals surface area contributed by atoms with Crippen LogP contribution in [0.25, 0.3) is 0 Å². The number of carbonyl (C=O) groups excluding carboxylic acids is 2. The zero-order valence-electron chi connectivity index (χ0n) is 18.9. The average Bonchev–Trinajstić information content (AvgIpc) is 3.42. The van der Waals surface area contributed by atoms with Gasteiger partial charge in [-0.25, -0.2) is 9.97 Å². The summed E-state index contributed by atoms with van der Waals surface area (Å²) in [4.78, 5) is 39.4. The fourth-order valence-electron chi connectivity index (χ4n) is 3.72. The SMILES string of the molecule is Cc1cc(C(C)N2Cc3c(ccnc3NC(=O)Cc3cnco3)C2=O)ncc1OCCC(F)(F)F. The number of nitrogens with zero attached hydrogens (tertiary/aromatic N) is 4. The number of ether oxygens (including phenoxy) is 1. The molecule has 3 aromatic heterocycles. The van der Waals surface area contributed by atoms with Crippen molar-refractivity contribution in [1.29, 1.82) is 0 Å². The van der Waals surface area contributed by atoms with Crippen LogP contribution in [0, 0.1) is 6.92 Å². The summed E-state index contributed by atoms with van der Waals surface area (Å²) in [5.41, 5.74) is 2.16. The predicted molar refractivity (Wildman–Crippen MR) is 117 cm³/mol. The molecule has 35 heavy (non-hydrogen) atoms. The zero-order valence-corrected chi connectivity index (χ0v) is 18.9. The summed E-state index contributed by atoms with van der Waals surface area (Å²) in [6.07, 6.45) is 0.0971. The number of amides is 2. The summed E-state index contributed by atoms with van der Waals surface area (Å²) in [6, 6.07) is 2.82. The molecule has 0 aromatic carbocycles. The number of anilines is 1. The Morgan fingerprint density at radius 2 is 2.11 bits per heavy atom. The van der Waals surface area contributed by atoms with Crippen molar-refractivity contribution in [3.05, 3.63) is 65.3 Å². The van der Waals surface area contributed by atoms with E-state index >= 15 is 0 Å². The third-order valence-electron chi connectivity index (χ3n) is 5.57. The molecule has 2 amide bonds. The van der Waals surface area contributed by atoms with E-state index in [9.17, 15) is 22.8 Å². The number of hydrogen-bond acceptors (Lipinski definition) is 7. The van der Waals surface area contributed by atoms with Gasteiger partial charge >= 0.3 is 6.18 Å². The molecule has 1 aliphatic rings. The smallest absolute Gasteiger partial charge is 0.392 e. The van der Waals surface area contributed by atoms with Crippen LogP contribution in [0.4, 0.5) is 19.0 Å². The van der Waals surface area contributed by atoms with Gasteiger partial charge in [0.2, 0.25) is 5.91 Å². The highest BCUT2D eigenvalue weighted by Gasteiger charge is 2.34. The first kappa shape index (κ1) is 24.2. The van der Waals surface area contributed by atoms with Crippen LogP contribution in [0.3, 0.4) is 0 Å². The molecule has 0 saturated carbocycles. The van der Waals surface area contributed by atoms with E-state index in [1.54, 1.807) is 30.9 Å². The minimum atomic E-state index is -4.30. The van der Waals surface area contributed by atoms with E-state index in [-0.39, 0.29) is 36.3 Å². The number of aromatic nitrogens is 3. The number of rotatable bonds is 8. The molecule has 1 atom stereocenters. The van der Waals surface area contributed by atoms with E-state index in [1.807, 2.05) is 0 Å². The minimum absolute atomic E-state index is 0.0278. The molecule has 184 valence electrons. The molecule has 4 heterocycles. The van der Waals surface area contributed by atoms with Crippen molar-refractivity contribution < 1.29 is 31.9 Å². The first-order valence-electron chi connectivity index (χ1n) is 10.7. The molecule has 4 rings (SSSR count). The lowest BCUT2D eigenvalue weighted by Crippen LogP contribution is -2.28. The van der Waals surface area contributed by atoms with E-state index in [0.29, 0.717) is 28.1 Å². The third-order valence-corrected chi connectivity index (χ3v) is 5.57. The van der Waals surface area contributed by atoms with Gasteiger partial charge in [0, 0.05) is 17.3 Å². The Hall–Kier alpha value is -3.96. The van der Waals surface area contributed by atoms with Crippen molar-refractivity contribution in [3.63, 3.8) is 0 Å². The Kier molecular flexibility index (Phi) is 6.72. The maximum atomic E-state index is 13.1. The van der Waals surface area contributed by atoms with Crippen molar-refractivity contribution >= 4 is 17.6 Å². The molecule has 0 saturated heterocycles. The van der Waals surface area contributed by atoms with Gasteiger partial charge in [-0.1, -0.05) is 0 Å². The Morgan fingerprint density at radius 1 is 1.31 bits per heavy atom. The van der Waals surface area contributed by atoms with Gasteiger partial charge in [0.25, 0.3) is 5.91 Å². The topological polar surface area (TPSA) is 110 Å². The van der Waals surface area contributed by atoms with Gasteiger partial charge in [0.05, 0.1) is 50.1 Å². The molecular formula is C23H22F3N5O4. The summed E-state index contributed by atoms with van der Waals surface area (Å²) in [5, 5.41) is 2.72. The number of nitrogens with one attached hydrogen (secondary N) is 1. The first-order chi connectivity index (χ1) is 16.6. The standard InChI is InChI=1S/C23H22F3N5O4/c1-13-7-18(29-10-19(13)34-6-4-23(24,25)26)14(2)31-11-17-16(22(31)33)3-5-28-21(17)30-20(32)8-15-9-27-12-35-15/h3,5,7,9-10,12,14H,4,6,8,11H2,1-2H3,(H,28,30,32). The van der Waals surface area contributed by atoms with Gasteiger partial charge in [0.1, 0.15) is 17.3 Å². The molecule has 9 nitrogen and oxygen atoms in total. The highest BCUT2D eigenvalue weighted by atomic mass is 19.4. The monoisotopic (exact) mass is 489 g/mol. The van der Waals surface area contributed by atoms with Crippen LogP contribution >= 0.6 is 0 Å². The normalized spacial score (nSPS) is 14.1. The van der Waals surface area contributed by atoms with Crippen molar-refractivity contribution in [2.24, 2.45) is 0 Å². The molecule has 3 aromatic rings. The Morgan fingerprint density at radius 3 is 2.80 bits per heavy atom. The summed E-state index contributed by atoms with van der Waals surface area (Å²) < 4.78 is 47.4. The van der Waals surface area contributed by atoms with Crippen LogP contribution in [0.5, 0.6) is 5.75 Å². The fraction of sp³-hybridized carbons (Fsp3) is 0.348. The van der Waals surface area contributed by atoms with Gasteiger partial charge < -0.3 is 19.4 Å². The molecule has 0 fully saturated rings. The molecule has 0 aliphatic carbocycles. The molecule has 1 N–H and O–H groups in total. The Balaban J connectivity index is 1.45. The number of halogens is 3. The molecule has 1 aliphatic heterocycles. The lowest BCUT2D eigenvalue weighted by Gasteiger charge is -2.24. The summed E-state index contributed by atoms with van der Waals surface area (Å²) >= 11 is 0. The van der Waals surface area contributed by atoms with Crippen LogP contribution < -0.4 is 10.1 Å². The lowest BCUT2D eigenvalue weighted by molar-refractivity contribution is -0.139. The van der Waals surface area contributed by atoms with E-state index in [4.69, 9.17) is 9.15 Å². The second kappa shape index (κ2) is 9.72. The van der Waals surface area contributed by atoms with Crippen LogP contribution in [-0.2, 0) is 17.8 Å². The van der Waals surface area contributed by atoms with E-state index in [0.717, 1.165) is 0 Å². The largest absolute Gasteiger partial charge is 0.491 e. The second-order valence-electron chi connectivity index (χ2n) is 8.08. The number of pyridine rings is 2. The van der Waals surface area contributed by atoms with Crippen LogP contribution in [-0.4, -0.2) is 44.4 Å².